The van der Waals surface area contributed by atoms with Gasteiger partial charge in [0.05, 0.1) is 16.8 Å². The van der Waals surface area contributed by atoms with Crippen molar-refractivity contribution in [3.63, 3.8) is 0 Å². The van der Waals surface area contributed by atoms with Gasteiger partial charge in [-0.15, -0.1) is 15.3 Å². The Morgan fingerprint density at radius 3 is 1.95 bits per heavy atom. The standard InChI is InChI=1S/C24H22N6O7S2/c1-12-3-6-16(7-4-12)27-29-22-13(2)9-14-10-19(39(35,36)37)23(21(26)20(14)24(22)31)30-28-17-8-5-15(25)11-18(17)38(32,33)34/h3-11,31H,25-26H2,1-2H3,(H,32,33,34)(H,35,36,37). The Morgan fingerprint density at radius 1 is 0.718 bits per heavy atom. The van der Waals surface area contributed by atoms with Crippen LogP contribution in [0, 0.1) is 13.8 Å². The molecule has 7 N–H and O–H groups in total. The molecule has 0 heterocycles. The number of nitrogen functional groups attached to an aromatic ring is 2. The van der Waals surface area contributed by atoms with Crippen LogP contribution in [0.1, 0.15) is 11.1 Å². The van der Waals surface area contributed by atoms with E-state index in [1.54, 1.807) is 19.1 Å². The summed E-state index contributed by atoms with van der Waals surface area (Å²) in [6.45, 7) is 3.52. The molecule has 202 valence electrons. The lowest BCUT2D eigenvalue weighted by molar-refractivity contribution is 0.480. The van der Waals surface area contributed by atoms with Gasteiger partial charge in [-0.2, -0.15) is 21.9 Å². The van der Waals surface area contributed by atoms with Crippen LogP contribution in [0.25, 0.3) is 10.8 Å². The van der Waals surface area contributed by atoms with Gasteiger partial charge in [0.2, 0.25) is 0 Å². The summed E-state index contributed by atoms with van der Waals surface area (Å²) in [4.78, 5) is -1.45. The lowest BCUT2D eigenvalue weighted by Crippen LogP contribution is -2.02. The number of phenolic OH excluding ortho intramolecular Hbond substituents is 1. The Hall–Kier alpha value is -4.44. The zero-order chi connectivity index (χ0) is 28.7. The Balaban J connectivity index is 1.95. The second-order valence-corrected chi connectivity index (χ2v) is 11.3. The van der Waals surface area contributed by atoms with Gasteiger partial charge in [-0.25, -0.2) is 0 Å². The number of nitrogens with zero attached hydrogens (tertiary/aromatic N) is 4. The van der Waals surface area contributed by atoms with Crippen LogP contribution < -0.4 is 11.5 Å². The minimum absolute atomic E-state index is 0.00181. The van der Waals surface area contributed by atoms with Crippen LogP contribution in [0.2, 0.25) is 0 Å². The summed E-state index contributed by atoms with van der Waals surface area (Å²) in [5.74, 6) is -0.442. The first kappa shape index (κ1) is 27.6. The molecule has 4 rings (SSSR count). The Morgan fingerprint density at radius 2 is 1.33 bits per heavy atom. The first-order valence-corrected chi connectivity index (χ1v) is 13.9. The molecule has 0 saturated carbocycles. The molecule has 0 saturated heterocycles. The molecule has 0 bridgehead atoms. The van der Waals surface area contributed by atoms with E-state index in [0.717, 1.165) is 23.8 Å². The van der Waals surface area contributed by atoms with Gasteiger partial charge >= 0.3 is 0 Å². The lowest BCUT2D eigenvalue weighted by atomic mass is 10.0. The molecule has 0 fully saturated rings. The number of hydrogen-bond donors (Lipinski definition) is 5. The van der Waals surface area contributed by atoms with Crippen LogP contribution >= 0.6 is 0 Å². The third kappa shape index (κ3) is 5.70. The van der Waals surface area contributed by atoms with E-state index in [0.29, 0.717) is 11.3 Å². The highest BCUT2D eigenvalue weighted by atomic mass is 32.2. The predicted octanol–water partition coefficient (Wildman–Crippen LogP) is 5.65. The van der Waals surface area contributed by atoms with E-state index in [2.05, 4.69) is 20.5 Å². The van der Waals surface area contributed by atoms with Crippen molar-refractivity contribution >= 4 is 65.1 Å². The smallest absolute Gasteiger partial charge is 0.296 e. The van der Waals surface area contributed by atoms with Crippen molar-refractivity contribution in [1.82, 2.24) is 0 Å². The zero-order valence-corrected chi connectivity index (χ0v) is 22.1. The van der Waals surface area contributed by atoms with E-state index in [9.17, 15) is 31.0 Å². The highest BCUT2D eigenvalue weighted by Crippen LogP contribution is 2.47. The molecule has 0 aromatic heterocycles. The zero-order valence-electron chi connectivity index (χ0n) is 20.4. The number of anilines is 2. The normalized spacial score (nSPS) is 12.6. The van der Waals surface area contributed by atoms with Crippen molar-refractivity contribution in [2.45, 2.75) is 23.6 Å². The number of hydrogen-bond acceptors (Lipinski definition) is 11. The van der Waals surface area contributed by atoms with Crippen LogP contribution in [0.15, 0.2) is 84.8 Å². The fourth-order valence-corrected chi connectivity index (χ4v) is 5.07. The number of benzene rings is 4. The summed E-state index contributed by atoms with van der Waals surface area (Å²) in [5, 5.41) is 26.9. The van der Waals surface area contributed by atoms with Gasteiger partial charge in [-0.3, -0.25) is 9.11 Å². The van der Waals surface area contributed by atoms with Crippen LogP contribution in [-0.2, 0) is 20.2 Å². The van der Waals surface area contributed by atoms with E-state index < -0.39 is 52.8 Å². The molecular weight excluding hydrogens is 548 g/mol. The number of rotatable bonds is 6. The number of aromatic hydroxyl groups is 1. The summed E-state index contributed by atoms with van der Waals surface area (Å²) in [5.41, 5.74) is 12.4. The molecule has 0 unspecified atom stereocenters. The monoisotopic (exact) mass is 570 g/mol. The maximum atomic E-state index is 12.2. The van der Waals surface area contributed by atoms with Crippen molar-refractivity contribution < 1.29 is 31.0 Å². The molecule has 4 aromatic carbocycles. The second kappa shape index (κ2) is 10.0. The topological polar surface area (TPSA) is 230 Å². The molecule has 0 atom stereocenters. The molecule has 0 radical (unpaired) electrons. The molecular formula is C24H22N6O7S2. The summed E-state index contributed by atoms with van der Waals surface area (Å²) >= 11 is 0. The third-order valence-corrected chi connectivity index (χ3v) is 7.39. The van der Waals surface area contributed by atoms with E-state index in [4.69, 9.17) is 11.5 Å². The Kier molecular flexibility index (Phi) is 7.10. The minimum atomic E-state index is -4.93. The second-order valence-electron chi connectivity index (χ2n) is 8.54. The van der Waals surface area contributed by atoms with Gasteiger partial charge in [0, 0.05) is 5.69 Å². The molecule has 15 heteroatoms. The summed E-state index contributed by atoms with van der Waals surface area (Å²) in [6.07, 6.45) is 0. The number of nitrogens with two attached hydrogens (primary N) is 2. The molecule has 0 aliphatic heterocycles. The maximum absolute atomic E-state index is 12.2. The largest absolute Gasteiger partial charge is 0.505 e. The molecule has 0 spiro atoms. The van der Waals surface area contributed by atoms with Gasteiger partial charge in [0.15, 0.2) is 5.75 Å². The first-order valence-electron chi connectivity index (χ1n) is 11.0. The van der Waals surface area contributed by atoms with Gasteiger partial charge < -0.3 is 16.6 Å². The third-order valence-electron chi connectivity index (χ3n) is 5.64. The van der Waals surface area contributed by atoms with E-state index >= 15 is 0 Å². The van der Waals surface area contributed by atoms with Crippen LogP contribution in [-0.4, -0.2) is 31.0 Å². The molecule has 0 amide bonds. The Labute approximate surface area is 223 Å². The average molecular weight is 571 g/mol. The fourth-order valence-electron chi connectivity index (χ4n) is 3.74. The molecule has 4 aromatic rings. The SMILES string of the molecule is Cc1ccc(N=Nc2c(C)cc3cc(S(=O)(=O)O)c(N=Nc4ccc(N)cc4S(=O)(=O)O)c(N)c3c2O)cc1. The average Bonchev–Trinajstić information content (AvgIpc) is 2.83. The van der Waals surface area contributed by atoms with Gasteiger partial charge in [-0.1, -0.05) is 17.7 Å². The van der Waals surface area contributed by atoms with Crippen molar-refractivity contribution in [2.75, 3.05) is 11.5 Å². The number of fused-ring (bicyclic) bond motifs is 1. The molecule has 13 nitrogen and oxygen atoms in total. The summed E-state index contributed by atoms with van der Waals surface area (Å²) in [7, 11) is -9.72. The van der Waals surface area contributed by atoms with Gasteiger partial charge in [-0.05, 0) is 67.3 Å². The maximum Gasteiger partial charge on any atom is 0.296 e. The minimum Gasteiger partial charge on any atom is -0.505 e. The molecule has 0 aliphatic carbocycles. The Bertz CT molecular complexity index is 1900. The predicted molar refractivity (Wildman–Crippen MR) is 145 cm³/mol. The van der Waals surface area contributed by atoms with Crippen molar-refractivity contribution in [1.29, 1.82) is 0 Å². The van der Waals surface area contributed by atoms with Crippen LogP contribution in [0.3, 0.4) is 0 Å². The van der Waals surface area contributed by atoms with Crippen molar-refractivity contribution in [2.24, 2.45) is 20.5 Å². The number of azo groups is 2. The summed E-state index contributed by atoms with van der Waals surface area (Å²) < 4.78 is 67.3. The van der Waals surface area contributed by atoms with Crippen molar-refractivity contribution in [3.8, 4) is 5.75 Å². The highest BCUT2D eigenvalue weighted by molar-refractivity contribution is 7.86. The summed E-state index contributed by atoms with van der Waals surface area (Å²) in [6, 6.07) is 13.0. The number of phenols is 1. The van der Waals surface area contributed by atoms with E-state index in [1.165, 1.54) is 12.1 Å². The number of aryl methyl sites for hydroxylation is 2. The van der Waals surface area contributed by atoms with E-state index in [-0.39, 0.29) is 22.1 Å². The van der Waals surface area contributed by atoms with Crippen LogP contribution in [0.5, 0.6) is 5.75 Å². The first-order chi connectivity index (χ1) is 18.2. The van der Waals surface area contributed by atoms with Gasteiger partial charge in [0.25, 0.3) is 20.2 Å². The molecule has 39 heavy (non-hydrogen) atoms. The van der Waals surface area contributed by atoms with Crippen LogP contribution in [0.4, 0.5) is 34.1 Å². The molecule has 0 aliphatic rings. The van der Waals surface area contributed by atoms with Crippen molar-refractivity contribution in [3.05, 3.63) is 65.7 Å². The van der Waals surface area contributed by atoms with Gasteiger partial charge in [0.1, 0.15) is 26.9 Å². The highest BCUT2D eigenvalue weighted by Gasteiger charge is 2.25. The lowest BCUT2D eigenvalue weighted by Gasteiger charge is -2.13. The fraction of sp³-hybridized carbons (Fsp3) is 0.0833. The quantitative estimate of drug-likeness (QED) is 0.109. The van der Waals surface area contributed by atoms with E-state index in [1.807, 2.05) is 19.1 Å².